The van der Waals surface area contributed by atoms with Crippen molar-refractivity contribution in [1.29, 1.82) is 0 Å². The van der Waals surface area contributed by atoms with Crippen molar-refractivity contribution >= 4 is 17.3 Å². The van der Waals surface area contributed by atoms with Crippen LogP contribution in [-0.2, 0) is 17.8 Å². The van der Waals surface area contributed by atoms with Crippen molar-refractivity contribution in [1.82, 2.24) is 4.57 Å². The molecule has 5 heteroatoms. The third-order valence-corrected chi connectivity index (χ3v) is 3.73. The van der Waals surface area contributed by atoms with Gasteiger partial charge in [-0.05, 0) is 23.5 Å². The summed E-state index contributed by atoms with van der Waals surface area (Å²) in [7, 11) is 0. The number of rotatable bonds is 5. The molecule has 2 aromatic rings. The number of carboxylic acids is 1. The summed E-state index contributed by atoms with van der Waals surface area (Å²) in [6.45, 7) is 4.03. The summed E-state index contributed by atoms with van der Waals surface area (Å²) in [6.07, 6.45) is 1.01. The fourth-order valence-electron chi connectivity index (χ4n) is 2.12. The van der Waals surface area contributed by atoms with E-state index in [1.165, 1.54) is 10.1 Å². The van der Waals surface area contributed by atoms with E-state index in [1.807, 2.05) is 24.3 Å². The van der Waals surface area contributed by atoms with Gasteiger partial charge < -0.3 is 5.11 Å². The zero-order valence-electron chi connectivity index (χ0n) is 11.5. The highest BCUT2D eigenvalue weighted by molar-refractivity contribution is 7.07. The number of aliphatic carboxylic acids is 1. The van der Waals surface area contributed by atoms with Crippen LogP contribution in [0.3, 0.4) is 0 Å². The van der Waals surface area contributed by atoms with Gasteiger partial charge in [0, 0.05) is 5.38 Å². The van der Waals surface area contributed by atoms with Crippen LogP contribution >= 0.6 is 11.3 Å². The summed E-state index contributed by atoms with van der Waals surface area (Å²) in [6, 6.07) is 7.94. The minimum absolute atomic E-state index is 0.242. The molecule has 1 aromatic carbocycles. The second-order valence-corrected chi connectivity index (χ2v) is 5.98. The number of benzene rings is 1. The van der Waals surface area contributed by atoms with Crippen LogP contribution in [-0.4, -0.2) is 15.6 Å². The molecule has 0 aliphatic heterocycles. The number of aromatic nitrogens is 1. The van der Waals surface area contributed by atoms with E-state index in [0.29, 0.717) is 11.6 Å². The molecule has 0 spiro atoms. The largest absolute Gasteiger partial charge is 0.480 e. The van der Waals surface area contributed by atoms with Gasteiger partial charge in [-0.2, -0.15) is 0 Å². The van der Waals surface area contributed by atoms with Crippen molar-refractivity contribution in [3.05, 3.63) is 44.9 Å². The first-order valence-corrected chi connectivity index (χ1v) is 7.34. The lowest BCUT2D eigenvalue weighted by Crippen LogP contribution is -2.19. The van der Waals surface area contributed by atoms with Gasteiger partial charge in [0.05, 0.1) is 5.69 Å². The molecule has 1 N–H and O–H groups in total. The zero-order chi connectivity index (χ0) is 14.7. The zero-order valence-corrected chi connectivity index (χ0v) is 12.3. The molecule has 106 valence electrons. The Bertz CT molecular complexity index is 653. The molecule has 0 unspecified atom stereocenters. The van der Waals surface area contributed by atoms with E-state index in [1.54, 1.807) is 5.38 Å². The fraction of sp³-hybridized carbons (Fsp3) is 0.333. The van der Waals surface area contributed by atoms with Crippen molar-refractivity contribution in [2.24, 2.45) is 5.92 Å². The van der Waals surface area contributed by atoms with Crippen LogP contribution < -0.4 is 4.87 Å². The van der Waals surface area contributed by atoms with Gasteiger partial charge in [0.25, 0.3) is 0 Å². The number of hydrogen-bond donors (Lipinski definition) is 1. The lowest BCUT2D eigenvalue weighted by Gasteiger charge is -2.08. The SMILES string of the molecule is CC(C)Cc1ccc(-c2csc(=O)n2CC(=O)O)cc1. The second-order valence-electron chi connectivity index (χ2n) is 5.16. The Hall–Kier alpha value is -1.88. The highest BCUT2D eigenvalue weighted by Crippen LogP contribution is 2.21. The van der Waals surface area contributed by atoms with E-state index in [4.69, 9.17) is 5.11 Å². The van der Waals surface area contributed by atoms with Crippen LogP contribution in [0.15, 0.2) is 34.4 Å². The van der Waals surface area contributed by atoms with Gasteiger partial charge in [0.15, 0.2) is 0 Å². The second kappa shape index (κ2) is 6.05. The van der Waals surface area contributed by atoms with Crippen molar-refractivity contribution in [3.8, 4) is 11.3 Å². The molecule has 1 aromatic heterocycles. The first kappa shape index (κ1) is 14.5. The molecule has 0 atom stereocenters. The molecule has 0 saturated carbocycles. The number of hydrogen-bond acceptors (Lipinski definition) is 3. The molecule has 0 radical (unpaired) electrons. The van der Waals surface area contributed by atoms with Crippen LogP contribution in [0.25, 0.3) is 11.3 Å². The Labute approximate surface area is 121 Å². The monoisotopic (exact) mass is 291 g/mol. The molecule has 20 heavy (non-hydrogen) atoms. The van der Waals surface area contributed by atoms with Crippen LogP contribution in [0, 0.1) is 5.92 Å². The normalized spacial score (nSPS) is 10.9. The van der Waals surface area contributed by atoms with Crippen LogP contribution in [0.2, 0.25) is 0 Å². The van der Waals surface area contributed by atoms with Crippen molar-refractivity contribution in [2.75, 3.05) is 0 Å². The Morgan fingerprint density at radius 2 is 1.95 bits per heavy atom. The highest BCUT2D eigenvalue weighted by atomic mass is 32.1. The van der Waals surface area contributed by atoms with Crippen molar-refractivity contribution in [2.45, 2.75) is 26.8 Å². The Morgan fingerprint density at radius 1 is 1.30 bits per heavy atom. The molecule has 1 heterocycles. The maximum absolute atomic E-state index is 11.7. The number of thiazole rings is 1. The fourth-order valence-corrected chi connectivity index (χ4v) is 2.89. The quantitative estimate of drug-likeness (QED) is 0.921. The molecule has 0 amide bonds. The van der Waals surface area contributed by atoms with E-state index in [-0.39, 0.29) is 11.4 Å². The third kappa shape index (κ3) is 3.36. The minimum Gasteiger partial charge on any atom is -0.480 e. The van der Waals surface area contributed by atoms with E-state index >= 15 is 0 Å². The molecule has 0 fully saturated rings. The van der Waals surface area contributed by atoms with Gasteiger partial charge in [-0.1, -0.05) is 49.4 Å². The van der Waals surface area contributed by atoms with Crippen LogP contribution in [0.4, 0.5) is 0 Å². The Kier molecular flexibility index (Phi) is 4.39. The lowest BCUT2D eigenvalue weighted by atomic mass is 10.0. The molecular weight excluding hydrogens is 274 g/mol. The molecule has 4 nitrogen and oxygen atoms in total. The molecule has 0 bridgehead atoms. The third-order valence-electron chi connectivity index (χ3n) is 2.97. The lowest BCUT2D eigenvalue weighted by molar-refractivity contribution is -0.137. The summed E-state index contributed by atoms with van der Waals surface area (Å²) < 4.78 is 1.30. The summed E-state index contributed by atoms with van der Waals surface area (Å²) in [5.41, 5.74) is 2.78. The molecule has 0 aliphatic carbocycles. The van der Waals surface area contributed by atoms with Crippen LogP contribution in [0.5, 0.6) is 0 Å². The first-order valence-electron chi connectivity index (χ1n) is 6.47. The van der Waals surface area contributed by atoms with Crippen molar-refractivity contribution < 1.29 is 9.90 Å². The average Bonchev–Trinajstić information content (AvgIpc) is 2.71. The molecule has 0 aliphatic rings. The molecule has 2 rings (SSSR count). The first-order chi connectivity index (χ1) is 9.47. The van der Waals surface area contributed by atoms with E-state index < -0.39 is 5.97 Å². The van der Waals surface area contributed by atoms with Gasteiger partial charge in [-0.25, -0.2) is 0 Å². The summed E-state index contributed by atoms with van der Waals surface area (Å²) in [5.74, 6) is -0.421. The van der Waals surface area contributed by atoms with Crippen molar-refractivity contribution in [3.63, 3.8) is 0 Å². The topological polar surface area (TPSA) is 59.3 Å². The van der Waals surface area contributed by atoms with Gasteiger partial charge in [0.1, 0.15) is 6.54 Å². The Balaban J connectivity index is 2.32. The maximum atomic E-state index is 11.7. The summed E-state index contributed by atoms with van der Waals surface area (Å²) in [5, 5.41) is 10.6. The highest BCUT2D eigenvalue weighted by Gasteiger charge is 2.11. The molecule has 0 saturated heterocycles. The average molecular weight is 291 g/mol. The number of nitrogens with zero attached hydrogens (tertiary/aromatic N) is 1. The van der Waals surface area contributed by atoms with E-state index in [0.717, 1.165) is 23.3 Å². The minimum atomic E-state index is -1.01. The number of carboxylic acid groups (broad SMARTS) is 1. The maximum Gasteiger partial charge on any atom is 0.323 e. The Morgan fingerprint density at radius 3 is 2.50 bits per heavy atom. The van der Waals surface area contributed by atoms with Gasteiger partial charge >= 0.3 is 10.8 Å². The number of carbonyl (C=O) groups is 1. The standard InChI is InChI=1S/C15H17NO3S/c1-10(2)7-11-3-5-12(6-4-11)13-9-20-15(19)16(13)8-14(17)18/h3-6,9-10H,7-8H2,1-2H3,(H,17,18). The summed E-state index contributed by atoms with van der Waals surface area (Å²) in [4.78, 5) is 22.3. The van der Waals surface area contributed by atoms with E-state index in [2.05, 4.69) is 13.8 Å². The predicted molar refractivity (Wildman–Crippen MR) is 80.2 cm³/mol. The summed E-state index contributed by atoms with van der Waals surface area (Å²) >= 11 is 1.03. The predicted octanol–water partition coefficient (Wildman–Crippen LogP) is 2.86. The molecular formula is C15H17NO3S. The smallest absolute Gasteiger partial charge is 0.323 e. The van der Waals surface area contributed by atoms with Gasteiger partial charge in [0.2, 0.25) is 0 Å². The van der Waals surface area contributed by atoms with Crippen LogP contribution in [0.1, 0.15) is 19.4 Å². The van der Waals surface area contributed by atoms with Gasteiger partial charge in [-0.15, -0.1) is 0 Å². The van der Waals surface area contributed by atoms with Gasteiger partial charge in [-0.3, -0.25) is 14.2 Å². The van der Waals surface area contributed by atoms with E-state index in [9.17, 15) is 9.59 Å².